The maximum atomic E-state index is 14.1. The second-order valence-electron chi connectivity index (χ2n) is 6.92. The lowest BCUT2D eigenvalue weighted by Gasteiger charge is -2.40. The number of hydrogen-bond donors (Lipinski definition) is 0. The Morgan fingerprint density at radius 2 is 1.25 bits per heavy atom. The van der Waals surface area contributed by atoms with Crippen molar-refractivity contribution in [2.24, 2.45) is 0 Å². The van der Waals surface area contributed by atoms with Gasteiger partial charge in [-0.25, -0.2) is 0 Å². The second-order valence-corrected chi connectivity index (χ2v) is 6.92. The lowest BCUT2D eigenvalue weighted by molar-refractivity contribution is -0.440. The summed E-state index contributed by atoms with van der Waals surface area (Å²) in [6.45, 7) is 1.73. The molecule has 0 bridgehead atoms. The van der Waals surface area contributed by atoms with E-state index < -0.39 is 48.3 Å². The van der Waals surface area contributed by atoms with Crippen LogP contribution in [0.1, 0.15) is 37.0 Å². The molecule has 0 heterocycles. The second kappa shape index (κ2) is 8.90. The minimum absolute atomic E-state index is 0.260. The summed E-state index contributed by atoms with van der Waals surface area (Å²) in [5.74, 6) is -37.0. The van der Waals surface area contributed by atoms with Gasteiger partial charge >= 0.3 is 35.8 Å². The van der Waals surface area contributed by atoms with Crippen LogP contribution in [0.3, 0.4) is 0 Å². The Hall–Kier alpha value is -1.73. The number of aryl methyl sites for hydroxylation is 1. The standard InChI is InChI=1S/C18H17F13O/c1-3-5-10-6-4-7-11(8-10)12(32-2)9-13(19,20)14(21,22)15(23,24)16(25,26)17(27,28)18(29,30)31/h4,6-8,12H,3,5,9H2,1-2H3. The van der Waals surface area contributed by atoms with Crippen molar-refractivity contribution >= 4 is 0 Å². The highest BCUT2D eigenvalue weighted by Crippen LogP contribution is 2.61. The Kier molecular flexibility index (Phi) is 7.87. The molecule has 32 heavy (non-hydrogen) atoms. The summed E-state index contributed by atoms with van der Waals surface area (Å²) in [6.07, 6.45) is -11.0. The van der Waals surface area contributed by atoms with Crippen LogP contribution >= 0.6 is 0 Å². The van der Waals surface area contributed by atoms with E-state index in [-0.39, 0.29) is 5.56 Å². The van der Waals surface area contributed by atoms with Gasteiger partial charge in [0.2, 0.25) is 0 Å². The molecular formula is C18H17F13O. The summed E-state index contributed by atoms with van der Waals surface area (Å²) < 4.78 is 176. The average Bonchev–Trinajstić information content (AvgIpc) is 2.65. The molecule has 0 radical (unpaired) electrons. The van der Waals surface area contributed by atoms with Crippen molar-refractivity contribution in [3.05, 3.63) is 35.4 Å². The maximum Gasteiger partial charge on any atom is 0.460 e. The van der Waals surface area contributed by atoms with Crippen LogP contribution in [0, 0.1) is 0 Å². The third kappa shape index (κ3) is 4.65. The molecule has 0 saturated carbocycles. The van der Waals surface area contributed by atoms with Gasteiger partial charge in [0.15, 0.2) is 0 Å². The van der Waals surface area contributed by atoms with Gasteiger partial charge in [0.1, 0.15) is 0 Å². The molecule has 0 saturated heterocycles. The van der Waals surface area contributed by atoms with Gasteiger partial charge in [0, 0.05) is 13.5 Å². The van der Waals surface area contributed by atoms with Gasteiger partial charge in [-0.3, -0.25) is 0 Å². The van der Waals surface area contributed by atoms with Gasteiger partial charge in [0.05, 0.1) is 6.10 Å². The van der Waals surface area contributed by atoms with Crippen molar-refractivity contribution in [2.75, 3.05) is 7.11 Å². The Balaban J connectivity index is 3.39. The van der Waals surface area contributed by atoms with Gasteiger partial charge in [-0.15, -0.1) is 0 Å². The van der Waals surface area contributed by atoms with E-state index in [0.717, 1.165) is 6.07 Å². The highest BCUT2D eigenvalue weighted by molar-refractivity contribution is 5.26. The van der Waals surface area contributed by atoms with Crippen molar-refractivity contribution in [3.8, 4) is 0 Å². The molecule has 0 aliphatic heterocycles. The first-order chi connectivity index (χ1) is 14.2. The van der Waals surface area contributed by atoms with Crippen molar-refractivity contribution in [1.82, 2.24) is 0 Å². The van der Waals surface area contributed by atoms with E-state index in [0.29, 0.717) is 25.5 Å². The predicted octanol–water partition coefficient (Wildman–Crippen LogP) is 7.46. The molecule has 0 aromatic heterocycles. The molecule has 186 valence electrons. The molecule has 1 aromatic carbocycles. The Labute approximate surface area is 173 Å². The van der Waals surface area contributed by atoms with Gasteiger partial charge < -0.3 is 4.74 Å². The molecule has 1 aromatic rings. The summed E-state index contributed by atoms with van der Waals surface area (Å²) in [7, 11) is 0.690. The molecular weight excluding hydrogens is 479 g/mol. The van der Waals surface area contributed by atoms with E-state index in [2.05, 4.69) is 4.74 Å². The van der Waals surface area contributed by atoms with E-state index in [1.54, 1.807) is 6.92 Å². The van der Waals surface area contributed by atoms with Gasteiger partial charge in [0.25, 0.3) is 0 Å². The minimum atomic E-state index is -7.91. The van der Waals surface area contributed by atoms with Crippen LogP contribution < -0.4 is 0 Å². The quantitative estimate of drug-likeness (QED) is 0.306. The lowest BCUT2D eigenvalue weighted by Crippen LogP contribution is -2.70. The third-order valence-corrected chi connectivity index (χ3v) is 4.59. The maximum absolute atomic E-state index is 14.1. The molecule has 1 unspecified atom stereocenters. The largest absolute Gasteiger partial charge is 0.460 e. The number of alkyl halides is 13. The molecule has 14 heteroatoms. The fourth-order valence-corrected chi connectivity index (χ4v) is 2.74. The van der Waals surface area contributed by atoms with Gasteiger partial charge in [-0.05, 0) is 17.5 Å². The topological polar surface area (TPSA) is 9.23 Å². The smallest absolute Gasteiger partial charge is 0.377 e. The zero-order valence-electron chi connectivity index (χ0n) is 16.3. The van der Waals surface area contributed by atoms with Crippen LogP contribution in [-0.4, -0.2) is 42.9 Å². The molecule has 1 rings (SSSR count). The summed E-state index contributed by atoms with van der Waals surface area (Å²) in [4.78, 5) is 0. The first-order valence-corrected chi connectivity index (χ1v) is 8.78. The fourth-order valence-electron chi connectivity index (χ4n) is 2.74. The number of rotatable bonds is 10. The SMILES string of the molecule is CCCc1cccc(C(CC(F)(F)C(F)(F)C(F)(F)C(F)(F)C(F)(F)C(F)(F)F)OC)c1. The highest BCUT2D eigenvalue weighted by Gasteiger charge is 2.90. The van der Waals surface area contributed by atoms with Crippen molar-refractivity contribution < 1.29 is 61.8 Å². The lowest BCUT2D eigenvalue weighted by atomic mass is 9.90. The minimum Gasteiger partial charge on any atom is -0.377 e. The summed E-state index contributed by atoms with van der Waals surface area (Å²) in [5.41, 5.74) is 0.230. The summed E-state index contributed by atoms with van der Waals surface area (Å²) in [5, 5.41) is 0. The van der Waals surface area contributed by atoms with Gasteiger partial charge in [-0.1, -0.05) is 37.6 Å². The highest BCUT2D eigenvalue weighted by atomic mass is 19.4. The third-order valence-electron chi connectivity index (χ3n) is 4.59. The first-order valence-electron chi connectivity index (χ1n) is 8.78. The fraction of sp³-hybridized carbons (Fsp3) is 0.667. The van der Waals surface area contributed by atoms with E-state index in [4.69, 9.17) is 0 Å². The molecule has 0 N–H and O–H groups in total. The van der Waals surface area contributed by atoms with Crippen molar-refractivity contribution in [3.63, 3.8) is 0 Å². The molecule has 0 aliphatic carbocycles. The number of methoxy groups -OCH3 is 1. The van der Waals surface area contributed by atoms with Crippen LogP contribution in [0.15, 0.2) is 24.3 Å². The van der Waals surface area contributed by atoms with Crippen LogP contribution in [0.5, 0.6) is 0 Å². The number of benzene rings is 1. The van der Waals surface area contributed by atoms with Crippen molar-refractivity contribution in [2.45, 2.75) is 68.1 Å². The normalized spacial score (nSPS) is 15.7. The van der Waals surface area contributed by atoms with Crippen molar-refractivity contribution in [1.29, 1.82) is 0 Å². The average molecular weight is 496 g/mol. The number of ether oxygens (including phenoxy) is 1. The molecule has 0 amide bonds. The van der Waals surface area contributed by atoms with Crippen LogP contribution in [-0.2, 0) is 11.2 Å². The Morgan fingerprint density at radius 3 is 1.69 bits per heavy atom. The van der Waals surface area contributed by atoms with E-state index in [1.807, 2.05) is 0 Å². The number of halogens is 13. The van der Waals surface area contributed by atoms with E-state index in [1.165, 1.54) is 18.2 Å². The molecule has 0 spiro atoms. The molecule has 1 nitrogen and oxygen atoms in total. The Morgan fingerprint density at radius 1 is 0.750 bits per heavy atom. The van der Waals surface area contributed by atoms with Crippen LogP contribution in [0.25, 0.3) is 0 Å². The van der Waals surface area contributed by atoms with E-state index in [9.17, 15) is 57.1 Å². The Bertz CT molecular complexity index is 770. The monoisotopic (exact) mass is 496 g/mol. The van der Waals surface area contributed by atoms with E-state index >= 15 is 0 Å². The zero-order chi connectivity index (χ0) is 25.4. The van der Waals surface area contributed by atoms with Crippen LogP contribution in [0.4, 0.5) is 57.1 Å². The molecule has 0 aliphatic rings. The first kappa shape index (κ1) is 28.3. The zero-order valence-corrected chi connectivity index (χ0v) is 16.3. The summed E-state index contributed by atoms with van der Waals surface area (Å²) in [6, 6.07) is 5.01. The summed E-state index contributed by atoms with van der Waals surface area (Å²) >= 11 is 0. The molecule has 0 fully saturated rings. The predicted molar refractivity (Wildman–Crippen MR) is 85.6 cm³/mol. The van der Waals surface area contributed by atoms with Crippen LogP contribution in [0.2, 0.25) is 0 Å². The number of hydrogen-bond acceptors (Lipinski definition) is 1. The molecule has 1 atom stereocenters. The van der Waals surface area contributed by atoms with Gasteiger partial charge in [-0.2, -0.15) is 57.1 Å².